The number of ether oxygens (including phenoxy) is 1. The molecule has 108 valence electrons. The average Bonchev–Trinajstić information content (AvgIpc) is 2.63. The Hall–Kier alpha value is -2.13. The maximum atomic E-state index is 11.6. The third-order valence-electron chi connectivity index (χ3n) is 2.78. The number of nitrogens with two attached hydrogens (primary N) is 1. The molecule has 1 heterocycles. The molecular formula is C11H13N3O5S. The monoisotopic (exact) mass is 299 g/mol. The Kier molecular flexibility index (Phi) is 3.64. The number of rotatable bonds is 3. The van der Waals surface area contributed by atoms with Crippen LogP contribution in [0, 0.1) is 0 Å². The van der Waals surface area contributed by atoms with Crippen LogP contribution >= 0.6 is 0 Å². The molecule has 1 aromatic rings. The molecule has 20 heavy (non-hydrogen) atoms. The van der Waals surface area contributed by atoms with E-state index >= 15 is 0 Å². The summed E-state index contributed by atoms with van der Waals surface area (Å²) in [6.07, 6.45) is 0. The number of benzene rings is 1. The Bertz CT molecular complexity index is 671. The van der Waals surface area contributed by atoms with Crippen molar-refractivity contribution in [1.82, 2.24) is 9.03 Å². The second kappa shape index (κ2) is 5.10. The van der Waals surface area contributed by atoms with E-state index in [1.54, 1.807) is 6.07 Å². The van der Waals surface area contributed by atoms with Crippen molar-refractivity contribution in [3.63, 3.8) is 0 Å². The van der Waals surface area contributed by atoms with Crippen LogP contribution in [0.15, 0.2) is 18.2 Å². The lowest BCUT2D eigenvalue weighted by molar-refractivity contribution is -0.118. The lowest BCUT2D eigenvalue weighted by atomic mass is 10.1. The van der Waals surface area contributed by atoms with Gasteiger partial charge >= 0.3 is 16.2 Å². The number of anilines is 1. The third kappa shape index (κ3) is 2.73. The number of nitrogens with one attached hydrogen (secondary N) is 1. The lowest BCUT2D eigenvalue weighted by Gasteiger charge is -2.13. The summed E-state index contributed by atoms with van der Waals surface area (Å²) in [4.78, 5) is 22.6. The first-order valence-corrected chi connectivity index (χ1v) is 7.05. The van der Waals surface area contributed by atoms with E-state index in [1.165, 1.54) is 19.2 Å². The van der Waals surface area contributed by atoms with E-state index in [4.69, 9.17) is 5.73 Å². The normalized spacial score (nSPS) is 17.8. The van der Waals surface area contributed by atoms with Crippen molar-refractivity contribution in [2.45, 2.75) is 6.54 Å². The number of carbonyl (C=O) groups excluding carboxylic acids is 2. The second-order valence-corrected chi connectivity index (χ2v) is 5.88. The van der Waals surface area contributed by atoms with E-state index in [0.717, 1.165) is 4.31 Å². The van der Waals surface area contributed by atoms with Gasteiger partial charge in [-0.1, -0.05) is 6.07 Å². The van der Waals surface area contributed by atoms with E-state index in [9.17, 15) is 18.0 Å². The molecule has 0 spiro atoms. The number of methoxy groups -OCH3 is 1. The molecule has 0 atom stereocenters. The van der Waals surface area contributed by atoms with Crippen LogP contribution in [0.25, 0.3) is 0 Å². The van der Waals surface area contributed by atoms with Crippen LogP contribution in [0.4, 0.5) is 5.69 Å². The minimum atomic E-state index is -3.80. The van der Waals surface area contributed by atoms with Crippen LogP contribution < -0.4 is 10.5 Å². The number of amides is 1. The van der Waals surface area contributed by atoms with Gasteiger partial charge in [0.1, 0.15) is 0 Å². The Morgan fingerprint density at radius 1 is 1.50 bits per heavy atom. The fraction of sp³-hybridized carbons (Fsp3) is 0.273. The van der Waals surface area contributed by atoms with Gasteiger partial charge in [0.15, 0.2) is 0 Å². The quantitative estimate of drug-likeness (QED) is 0.559. The highest BCUT2D eigenvalue weighted by Gasteiger charge is 2.33. The minimum Gasteiger partial charge on any atom is -0.465 e. The first-order valence-electron chi connectivity index (χ1n) is 5.61. The van der Waals surface area contributed by atoms with Crippen LogP contribution in [-0.4, -0.2) is 38.3 Å². The Balaban J connectivity index is 2.27. The van der Waals surface area contributed by atoms with E-state index < -0.39 is 22.1 Å². The SMILES string of the molecule is COC(=O)c1cc(CN2CC(=O)NS2(=O)=O)ccc1N. The maximum Gasteiger partial charge on any atom is 0.339 e. The molecule has 1 saturated heterocycles. The topological polar surface area (TPSA) is 119 Å². The van der Waals surface area contributed by atoms with Crippen molar-refractivity contribution in [2.24, 2.45) is 0 Å². The number of carbonyl (C=O) groups is 2. The van der Waals surface area contributed by atoms with Crippen LogP contribution in [0.3, 0.4) is 0 Å². The molecule has 8 nitrogen and oxygen atoms in total. The largest absolute Gasteiger partial charge is 0.465 e. The highest BCUT2D eigenvalue weighted by molar-refractivity contribution is 7.88. The Labute approximate surface area is 115 Å². The van der Waals surface area contributed by atoms with E-state index in [1.807, 2.05) is 4.72 Å². The van der Waals surface area contributed by atoms with Crippen molar-refractivity contribution in [3.05, 3.63) is 29.3 Å². The van der Waals surface area contributed by atoms with Gasteiger partial charge in [0.05, 0.1) is 19.2 Å². The summed E-state index contributed by atoms with van der Waals surface area (Å²) < 4.78 is 30.6. The van der Waals surface area contributed by atoms with Crippen LogP contribution in [0.5, 0.6) is 0 Å². The minimum absolute atomic E-state index is 0.0364. The van der Waals surface area contributed by atoms with E-state index in [2.05, 4.69) is 4.74 Å². The zero-order chi connectivity index (χ0) is 14.9. The zero-order valence-corrected chi connectivity index (χ0v) is 11.4. The highest BCUT2D eigenvalue weighted by atomic mass is 32.2. The summed E-state index contributed by atoms with van der Waals surface area (Å²) in [7, 11) is -2.57. The molecular weight excluding hydrogens is 286 g/mol. The molecule has 1 fully saturated rings. The molecule has 0 bridgehead atoms. The molecule has 0 radical (unpaired) electrons. The van der Waals surface area contributed by atoms with E-state index in [0.29, 0.717) is 5.56 Å². The summed E-state index contributed by atoms with van der Waals surface area (Å²) >= 11 is 0. The number of nitrogen functional groups attached to an aromatic ring is 1. The number of hydrogen-bond donors (Lipinski definition) is 2. The summed E-state index contributed by atoms with van der Waals surface area (Å²) in [6, 6.07) is 4.51. The molecule has 1 aliphatic heterocycles. The van der Waals surface area contributed by atoms with Gasteiger partial charge < -0.3 is 10.5 Å². The molecule has 1 amide bonds. The predicted octanol–water partition coefficient (Wildman–Crippen LogP) is -0.768. The van der Waals surface area contributed by atoms with E-state index in [-0.39, 0.29) is 24.3 Å². The molecule has 1 aliphatic rings. The molecule has 2 rings (SSSR count). The van der Waals surface area contributed by atoms with Gasteiger partial charge in [-0.3, -0.25) is 4.79 Å². The van der Waals surface area contributed by atoms with Crippen molar-refractivity contribution in [3.8, 4) is 0 Å². The number of nitrogens with zero attached hydrogens (tertiary/aromatic N) is 1. The molecule has 0 aromatic heterocycles. The molecule has 3 N–H and O–H groups in total. The molecule has 9 heteroatoms. The Morgan fingerprint density at radius 3 is 2.75 bits per heavy atom. The molecule has 0 saturated carbocycles. The van der Waals surface area contributed by atoms with Crippen LogP contribution in [0.2, 0.25) is 0 Å². The summed E-state index contributed by atoms with van der Waals surface area (Å²) in [6.45, 7) is -0.286. The van der Waals surface area contributed by atoms with Crippen molar-refractivity contribution < 1.29 is 22.7 Å². The number of esters is 1. The summed E-state index contributed by atoms with van der Waals surface area (Å²) in [5.74, 6) is -1.20. The fourth-order valence-corrected chi connectivity index (χ4v) is 2.91. The van der Waals surface area contributed by atoms with Gasteiger partial charge in [0, 0.05) is 12.2 Å². The first-order chi connectivity index (χ1) is 9.33. The average molecular weight is 299 g/mol. The number of hydrogen-bond acceptors (Lipinski definition) is 6. The van der Waals surface area contributed by atoms with Crippen molar-refractivity contribution >= 4 is 27.8 Å². The van der Waals surface area contributed by atoms with Crippen molar-refractivity contribution in [1.29, 1.82) is 0 Å². The van der Waals surface area contributed by atoms with Crippen molar-refractivity contribution in [2.75, 3.05) is 19.4 Å². The van der Waals surface area contributed by atoms with Gasteiger partial charge in [-0.25, -0.2) is 9.52 Å². The maximum absolute atomic E-state index is 11.6. The lowest BCUT2D eigenvalue weighted by Crippen LogP contribution is -2.29. The fourth-order valence-electron chi connectivity index (χ4n) is 1.82. The third-order valence-corrected chi connectivity index (χ3v) is 4.21. The van der Waals surface area contributed by atoms with Gasteiger partial charge in [-0.2, -0.15) is 12.7 Å². The van der Waals surface area contributed by atoms with Crippen LogP contribution in [0.1, 0.15) is 15.9 Å². The zero-order valence-electron chi connectivity index (χ0n) is 10.6. The molecule has 1 aromatic carbocycles. The van der Waals surface area contributed by atoms with Crippen LogP contribution in [-0.2, 0) is 26.3 Å². The smallest absolute Gasteiger partial charge is 0.339 e. The molecule has 0 aliphatic carbocycles. The second-order valence-electron chi connectivity index (χ2n) is 4.21. The first kappa shape index (κ1) is 14.3. The van der Waals surface area contributed by atoms with Gasteiger partial charge in [0.25, 0.3) is 0 Å². The standard InChI is InChI=1S/C11H13N3O5S/c1-19-11(16)8-4-7(2-3-9(8)12)5-14-6-10(15)13-20(14,17)18/h2-4H,5-6,12H2,1H3,(H,13,15). The molecule has 0 unspecified atom stereocenters. The predicted molar refractivity (Wildman–Crippen MR) is 69.7 cm³/mol. The van der Waals surface area contributed by atoms with Gasteiger partial charge in [0.2, 0.25) is 5.91 Å². The summed E-state index contributed by atoms with van der Waals surface area (Å²) in [5.41, 5.74) is 6.57. The summed E-state index contributed by atoms with van der Waals surface area (Å²) in [5, 5.41) is 0. The Morgan fingerprint density at radius 2 is 2.20 bits per heavy atom. The van der Waals surface area contributed by atoms with Gasteiger partial charge in [-0.15, -0.1) is 0 Å². The highest BCUT2D eigenvalue weighted by Crippen LogP contribution is 2.18. The van der Waals surface area contributed by atoms with Gasteiger partial charge in [-0.05, 0) is 17.7 Å².